The largest absolute Gasteiger partial charge is 0.285 e. The summed E-state index contributed by atoms with van der Waals surface area (Å²) in [5.74, 6) is 0.452. The van der Waals surface area contributed by atoms with Gasteiger partial charge in [0.2, 0.25) is 0 Å². The van der Waals surface area contributed by atoms with E-state index in [0.29, 0.717) is 12.3 Å². The molecule has 1 N–H and O–H groups in total. The summed E-state index contributed by atoms with van der Waals surface area (Å²) in [4.78, 5) is 0. The predicted octanol–water partition coefficient (Wildman–Crippen LogP) is 2.18. The Morgan fingerprint density at radius 3 is 2.64 bits per heavy atom. The first-order valence-corrected chi connectivity index (χ1v) is 6.30. The first-order valence-electron chi connectivity index (χ1n) is 4.79. The van der Waals surface area contributed by atoms with Gasteiger partial charge in [0.1, 0.15) is 5.25 Å². The monoisotopic (exact) mass is 216 g/mol. The molecule has 3 nitrogen and oxygen atoms in total. The maximum atomic E-state index is 10.8. The first kappa shape index (κ1) is 11.5. The van der Waals surface area contributed by atoms with Gasteiger partial charge in [-0.15, -0.1) is 0 Å². The molecule has 4 heteroatoms. The lowest BCUT2D eigenvalue weighted by Crippen LogP contribution is -2.19. The molecule has 0 saturated heterocycles. The summed E-state index contributed by atoms with van der Waals surface area (Å²) in [7, 11) is -3.91. The van der Waals surface area contributed by atoms with Crippen LogP contribution in [0.15, 0.2) is 23.8 Å². The quantitative estimate of drug-likeness (QED) is 0.736. The lowest BCUT2D eigenvalue weighted by molar-refractivity contribution is 0.474. The molecule has 0 spiro atoms. The Kier molecular flexibility index (Phi) is 3.50. The van der Waals surface area contributed by atoms with Crippen LogP contribution in [-0.4, -0.2) is 18.2 Å². The highest BCUT2D eigenvalue weighted by atomic mass is 32.2. The molecule has 0 aromatic carbocycles. The van der Waals surface area contributed by atoms with Crippen LogP contribution in [0.1, 0.15) is 26.7 Å². The number of hydrogen-bond acceptors (Lipinski definition) is 2. The first-order chi connectivity index (χ1) is 6.45. The van der Waals surface area contributed by atoms with Crippen LogP contribution < -0.4 is 0 Å². The van der Waals surface area contributed by atoms with Crippen LogP contribution in [0.4, 0.5) is 0 Å². The zero-order valence-corrected chi connectivity index (χ0v) is 9.29. The molecule has 1 aliphatic rings. The summed E-state index contributed by atoms with van der Waals surface area (Å²) in [5, 5.41) is -0.754. The molecule has 0 aliphatic heterocycles. The Balaban J connectivity index is 2.72. The van der Waals surface area contributed by atoms with Crippen molar-refractivity contribution in [2.45, 2.75) is 31.9 Å². The molecular formula is C10H16O3S. The second-order valence-corrected chi connectivity index (χ2v) is 5.30. The van der Waals surface area contributed by atoms with Crippen molar-refractivity contribution in [2.24, 2.45) is 5.92 Å². The summed E-state index contributed by atoms with van der Waals surface area (Å²) in [6, 6.07) is 0. The van der Waals surface area contributed by atoms with Crippen LogP contribution in [0.3, 0.4) is 0 Å². The average molecular weight is 216 g/mol. The molecule has 0 bridgehead atoms. The van der Waals surface area contributed by atoms with Gasteiger partial charge in [0.05, 0.1) is 0 Å². The van der Waals surface area contributed by atoms with Gasteiger partial charge >= 0.3 is 0 Å². The fourth-order valence-corrected chi connectivity index (χ4v) is 2.06. The molecular weight excluding hydrogens is 200 g/mol. The van der Waals surface area contributed by atoms with Crippen LogP contribution in [0.5, 0.6) is 0 Å². The number of rotatable bonds is 3. The maximum Gasteiger partial charge on any atom is 0.271 e. The predicted molar refractivity (Wildman–Crippen MR) is 56.6 cm³/mol. The molecule has 2 atom stereocenters. The minimum absolute atomic E-state index is 0.384. The van der Waals surface area contributed by atoms with Gasteiger partial charge in [-0.1, -0.05) is 32.1 Å². The van der Waals surface area contributed by atoms with Crippen molar-refractivity contribution < 1.29 is 13.0 Å². The third-order valence-corrected chi connectivity index (χ3v) is 3.77. The van der Waals surface area contributed by atoms with Crippen molar-refractivity contribution in [3.63, 3.8) is 0 Å². The third-order valence-electron chi connectivity index (χ3n) is 2.65. The van der Waals surface area contributed by atoms with Gasteiger partial charge in [0.25, 0.3) is 10.1 Å². The Morgan fingerprint density at radius 2 is 2.29 bits per heavy atom. The van der Waals surface area contributed by atoms with Gasteiger partial charge in [-0.05, 0) is 24.3 Å². The minimum atomic E-state index is -3.91. The van der Waals surface area contributed by atoms with E-state index in [-0.39, 0.29) is 0 Å². The van der Waals surface area contributed by atoms with E-state index in [0.717, 1.165) is 12.0 Å². The van der Waals surface area contributed by atoms with Crippen LogP contribution in [-0.2, 0) is 10.1 Å². The van der Waals surface area contributed by atoms with Crippen molar-refractivity contribution >= 4 is 10.1 Å². The molecule has 0 fully saturated rings. The van der Waals surface area contributed by atoms with E-state index in [1.165, 1.54) is 0 Å². The van der Waals surface area contributed by atoms with E-state index in [1.54, 1.807) is 12.2 Å². The minimum Gasteiger partial charge on any atom is -0.285 e. The lowest BCUT2D eigenvalue weighted by Gasteiger charge is -2.17. The Morgan fingerprint density at radius 1 is 1.64 bits per heavy atom. The van der Waals surface area contributed by atoms with Crippen LogP contribution in [0.2, 0.25) is 0 Å². The van der Waals surface area contributed by atoms with E-state index in [9.17, 15) is 8.42 Å². The van der Waals surface area contributed by atoms with E-state index in [1.807, 2.05) is 6.08 Å². The molecule has 0 saturated carbocycles. The zero-order chi connectivity index (χ0) is 10.8. The van der Waals surface area contributed by atoms with Gasteiger partial charge in [0.15, 0.2) is 0 Å². The summed E-state index contributed by atoms with van der Waals surface area (Å²) in [5.41, 5.74) is 1.16. The topological polar surface area (TPSA) is 54.4 Å². The van der Waals surface area contributed by atoms with Gasteiger partial charge < -0.3 is 0 Å². The summed E-state index contributed by atoms with van der Waals surface area (Å²) >= 11 is 0. The molecule has 0 aromatic rings. The maximum absolute atomic E-state index is 10.8. The SMILES string of the molecule is CCC(C)C1=CCC(S(=O)(=O)O)C=C1. The van der Waals surface area contributed by atoms with Crippen molar-refractivity contribution in [2.75, 3.05) is 0 Å². The Bertz CT molecular complexity index is 352. The molecule has 0 heterocycles. The normalized spacial score (nSPS) is 24.5. The molecule has 80 valence electrons. The Hall–Kier alpha value is -0.610. The smallest absolute Gasteiger partial charge is 0.271 e. The molecule has 0 aromatic heterocycles. The number of allylic oxidation sites excluding steroid dienone is 3. The lowest BCUT2D eigenvalue weighted by atomic mass is 9.94. The standard InChI is InChI=1S/C10H16O3S/c1-3-8(2)9-4-6-10(7-5-9)14(11,12)13/h4-6,8,10H,3,7H2,1-2H3,(H,11,12,13). The summed E-state index contributed by atoms with van der Waals surface area (Å²) in [6.45, 7) is 4.19. The summed E-state index contributed by atoms with van der Waals surface area (Å²) in [6.07, 6.45) is 6.68. The fraction of sp³-hybridized carbons (Fsp3) is 0.600. The molecule has 1 aliphatic carbocycles. The molecule has 14 heavy (non-hydrogen) atoms. The van der Waals surface area contributed by atoms with Gasteiger partial charge in [-0.25, -0.2) is 0 Å². The van der Waals surface area contributed by atoms with Gasteiger partial charge in [-0.3, -0.25) is 4.55 Å². The van der Waals surface area contributed by atoms with Crippen LogP contribution >= 0.6 is 0 Å². The number of hydrogen-bond donors (Lipinski definition) is 1. The second-order valence-electron chi connectivity index (χ2n) is 3.66. The Labute approximate surface area is 85.3 Å². The molecule has 1 rings (SSSR count). The van der Waals surface area contributed by atoms with Crippen LogP contribution in [0.25, 0.3) is 0 Å². The average Bonchev–Trinajstić information content (AvgIpc) is 2.15. The van der Waals surface area contributed by atoms with Gasteiger partial charge in [0, 0.05) is 0 Å². The van der Waals surface area contributed by atoms with Crippen molar-refractivity contribution in [1.29, 1.82) is 0 Å². The van der Waals surface area contributed by atoms with Crippen molar-refractivity contribution in [1.82, 2.24) is 0 Å². The fourth-order valence-electron chi connectivity index (χ4n) is 1.44. The molecule has 0 radical (unpaired) electrons. The highest BCUT2D eigenvalue weighted by molar-refractivity contribution is 7.86. The van der Waals surface area contributed by atoms with Crippen LogP contribution in [0, 0.1) is 5.92 Å². The second kappa shape index (κ2) is 4.28. The molecule has 0 amide bonds. The van der Waals surface area contributed by atoms with E-state index in [4.69, 9.17) is 4.55 Å². The van der Waals surface area contributed by atoms with Crippen molar-refractivity contribution in [3.8, 4) is 0 Å². The zero-order valence-electron chi connectivity index (χ0n) is 8.47. The van der Waals surface area contributed by atoms with E-state index >= 15 is 0 Å². The molecule has 2 unspecified atom stereocenters. The summed E-state index contributed by atoms with van der Waals surface area (Å²) < 4.78 is 30.4. The van der Waals surface area contributed by atoms with E-state index in [2.05, 4.69) is 13.8 Å². The van der Waals surface area contributed by atoms with Gasteiger partial charge in [-0.2, -0.15) is 8.42 Å². The highest BCUT2D eigenvalue weighted by Crippen LogP contribution is 2.23. The highest BCUT2D eigenvalue weighted by Gasteiger charge is 2.21. The van der Waals surface area contributed by atoms with E-state index < -0.39 is 15.4 Å². The third kappa shape index (κ3) is 2.69. The van der Waals surface area contributed by atoms with Crippen molar-refractivity contribution in [3.05, 3.63) is 23.8 Å².